The highest BCUT2D eigenvalue weighted by Gasteiger charge is 2.26. The predicted molar refractivity (Wildman–Crippen MR) is 102 cm³/mol. The molecule has 0 unspecified atom stereocenters. The summed E-state index contributed by atoms with van der Waals surface area (Å²) in [4.78, 5) is 28.5. The molecule has 0 spiro atoms. The molecule has 0 radical (unpaired) electrons. The lowest BCUT2D eigenvalue weighted by molar-refractivity contribution is 0.0637. The fourth-order valence-electron chi connectivity index (χ4n) is 3.81. The maximum absolute atomic E-state index is 13.0. The summed E-state index contributed by atoms with van der Waals surface area (Å²) in [5.41, 5.74) is 3.01. The number of para-hydroxylation sites is 1. The van der Waals surface area contributed by atoms with E-state index in [1.54, 1.807) is 0 Å². The Kier molecular flexibility index (Phi) is 4.59. The summed E-state index contributed by atoms with van der Waals surface area (Å²) in [6.07, 6.45) is 1.00. The average molecular weight is 351 g/mol. The number of anilines is 2. The van der Waals surface area contributed by atoms with Crippen LogP contribution in [-0.2, 0) is 6.42 Å². The van der Waals surface area contributed by atoms with Gasteiger partial charge in [0.1, 0.15) is 17.3 Å². The van der Waals surface area contributed by atoms with E-state index in [0.717, 1.165) is 51.5 Å². The van der Waals surface area contributed by atoms with Crippen LogP contribution in [0, 0.1) is 6.92 Å². The van der Waals surface area contributed by atoms with E-state index >= 15 is 0 Å². The molecule has 0 bridgehead atoms. The molecule has 4 rings (SSSR count). The molecule has 1 aromatic heterocycles. The average Bonchev–Trinajstić information content (AvgIpc) is 3.11. The molecular formula is C20H25N5O. The lowest BCUT2D eigenvalue weighted by atomic mass is 10.2. The van der Waals surface area contributed by atoms with Gasteiger partial charge in [-0.3, -0.25) is 4.79 Å². The number of amides is 1. The van der Waals surface area contributed by atoms with Crippen molar-refractivity contribution in [3.63, 3.8) is 0 Å². The van der Waals surface area contributed by atoms with Gasteiger partial charge >= 0.3 is 0 Å². The largest absolute Gasteiger partial charge is 0.335 e. The Hall–Kier alpha value is -2.47. The monoisotopic (exact) mass is 351 g/mol. The number of benzene rings is 1. The van der Waals surface area contributed by atoms with E-state index < -0.39 is 0 Å². The van der Waals surface area contributed by atoms with Gasteiger partial charge in [0.15, 0.2) is 0 Å². The number of hydrogen-bond acceptors (Lipinski definition) is 5. The smallest absolute Gasteiger partial charge is 0.272 e. The van der Waals surface area contributed by atoms with Crippen molar-refractivity contribution in [1.82, 2.24) is 19.8 Å². The molecule has 6 nitrogen and oxygen atoms in total. The maximum Gasteiger partial charge on any atom is 0.272 e. The zero-order chi connectivity index (χ0) is 18.1. The summed E-state index contributed by atoms with van der Waals surface area (Å²) in [6.45, 7) is 9.32. The van der Waals surface area contributed by atoms with Crippen molar-refractivity contribution in [2.24, 2.45) is 0 Å². The Morgan fingerprint density at radius 1 is 1.08 bits per heavy atom. The Morgan fingerprint density at radius 2 is 1.85 bits per heavy atom. The molecule has 1 amide bonds. The van der Waals surface area contributed by atoms with Crippen molar-refractivity contribution < 1.29 is 4.79 Å². The number of hydrogen-bond donors (Lipinski definition) is 0. The Labute approximate surface area is 154 Å². The fourth-order valence-corrected chi connectivity index (χ4v) is 3.81. The molecule has 0 N–H and O–H groups in total. The summed E-state index contributed by atoms with van der Waals surface area (Å²) >= 11 is 0. The van der Waals surface area contributed by atoms with Gasteiger partial charge in [0.2, 0.25) is 0 Å². The second-order valence-electron chi connectivity index (χ2n) is 6.92. The standard InChI is InChI=1S/C20H25N5O/c1-3-23-10-12-24(13-11-23)20(26)17-14-19(22-15(2)21-17)25-9-8-16-6-4-5-7-18(16)25/h4-7,14H,3,8-13H2,1-2H3. The van der Waals surface area contributed by atoms with Gasteiger partial charge in [-0.2, -0.15) is 0 Å². The van der Waals surface area contributed by atoms with Crippen LogP contribution in [-0.4, -0.2) is 64.9 Å². The summed E-state index contributed by atoms with van der Waals surface area (Å²) < 4.78 is 0. The topological polar surface area (TPSA) is 52.6 Å². The second-order valence-corrected chi connectivity index (χ2v) is 6.92. The van der Waals surface area contributed by atoms with Crippen LogP contribution in [0.2, 0.25) is 0 Å². The first-order valence-electron chi connectivity index (χ1n) is 9.38. The van der Waals surface area contributed by atoms with Gasteiger partial charge in [-0.1, -0.05) is 25.1 Å². The predicted octanol–water partition coefficient (Wildman–Crippen LogP) is 2.26. The second kappa shape index (κ2) is 7.03. The van der Waals surface area contributed by atoms with Crippen LogP contribution in [0.15, 0.2) is 30.3 Å². The summed E-state index contributed by atoms with van der Waals surface area (Å²) in [5.74, 6) is 1.47. The van der Waals surface area contributed by atoms with Crippen LogP contribution in [0.5, 0.6) is 0 Å². The van der Waals surface area contributed by atoms with Crippen LogP contribution in [0.1, 0.15) is 28.8 Å². The van der Waals surface area contributed by atoms with E-state index in [4.69, 9.17) is 0 Å². The van der Waals surface area contributed by atoms with Gasteiger partial charge in [0.25, 0.3) is 5.91 Å². The Morgan fingerprint density at radius 3 is 2.62 bits per heavy atom. The van der Waals surface area contributed by atoms with Crippen molar-refractivity contribution in [3.05, 3.63) is 47.4 Å². The van der Waals surface area contributed by atoms with Gasteiger partial charge in [0, 0.05) is 44.5 Å². The number of aromatic nitrogens is 2. The highest BCUT2D eigenvalue weighted by atomic mass is 16.2. The molecule has 0 atom stereocenters. The van der Waals surface area contributed by atoms with Crippen LogP contribution < -0.4 is 4.90 Å². The molecule has 136 valence electrons. The zero-order valence-electron chi connectivity index (χ0n) is 15.5. The number of fused-ring (bicyclic) bond motifs is 1. The molecule has 1 aromatic carbocycles. The summed E-state index contributed by atoms with van der Waals surface area (Å²) in [5, 5.41) is 0. The van der Waals surface area contributed by atoms with E-state index in [1.165, 1.54) is 11.3 Å². The molecule has 6 heteroatoms. The summed E-state index contributed by atoms with van der Waals surface area (Å²) in [7, 11) is 0. The summed E-state index contributed by atoms with van der Waals surface area (Å²) in [6, 6.07) is 10.2. The van der Waals surface area contributed by atoms with Crippen LogP contribution in [0.3, 0.4) is 0 Å². The minimum atomic E-state index is 0.0139. The van der Waals surface area contributed by atoms with E-state index in [2.05, 4.69) is 44.9 Å². The molecule has 1 saturated heterocycles. The van der Waals surface area contributed by atoms with Gasteiger partial charge in [0.05, 0.1) is 0 Å². The van der Waals surface area contributed by atoms with E-state index in [0.29, 0.717) is 11.5 Å². The molecule has 2 aliphatic rings. The molecular weight excluding hydrogens is 326 g/mol. The Bertz CT molecular complexity index is 814. The zero-order valence-corrected chi connectivity index (χ0v) is 15.5. The quantitative estimate of drug-likeness (QED) is 0.849. The SMILES string of the molecule is CCN1CCN(C(=O)c2cc(N3CCc4ccccc43)nc(C)n2)CC1. The maximum atomic E-state index is 13.0. The lowest BCUT2D eigenvalue weighted by Crippen LogP contribution is -2.48. The number of rotatable bonds is 3. The molecule has 3 heterocycles. The lowest BCUT2D eigenvalue weighted by Gasteiger charge is -2.34. The molecule has 2 aliphatic heterocycles. The van der Waals surface area contributed by atoms with Gasteiger partial charge in [-0.15, -0.1) is 0 Å². The number of carbonyl (C=O) groups is 1. The highest BCUT2D eigenvalue weighted by molar-refractivity contribution is 5.93. The molecule has 0 saturated carbocycles. The molecule has 0 aliphatic carbocycles. The molecule has 26 heavy (non-hydrogen) atoms. The number of nitrogens with zero attached hydrogens (tertiary/aromatic N) is 5. The third-order valence-electron chi connectivity index (χ3n) is 5.31. The normalized spacial score (nSPS) is 17.5. The first-order chi connectivity index (χ1) is 12.7. The van der Waals surface area contributed by atoms with Crippen LogP contribution in [0.25, 0.3) is 0 Å². The third-order valence-corrected chi connectivity index (χ3v) is 5.31. The third kappa shape index (κ3) is 3.17. The van der Waals surface area contributed by atoms with Gasteiger partial charge < -0.3 is 14.7 Å². The Balaban J connectivity index is 1.58. The fraction of sp³-hybridized carbons (Fsp3) is 0.450. The number of piperazine rings is 1. The van der Waals surface area contributed by atoms with Crippen molar-refractivity contribution in [2.45, 2.75) is 20.3 Å². The first-order valence-corrected chi connectivity index (χ1v) is 9.38. The minimum Gasteiger partial charge on any atom is -0.335 e. The minimum absolute atomic E-state index is 0.0139. The van der Waals surface area contributed by atoms with Gasteiger partial charge in [-0.25, -0.2) is 9.97 Å². The van der Waals surface area contributed by atoms with Crippen molar-refractivity contribution in [1.29, 1.82) is 0 Å². The van der Waals surface area contributed by atoms with Crippen molar-refractivity contribution in [2.75, 3.05) is 44.2 Å². The first kappa shape index (κ1) is 17.0. The number of aryl methyl sites for hydroxylation is 1. The number of carbonyl (C=O) groups excluding carboxylic acids is 1. The molecule has 2 aromatic rings. The van der Waals surface area contributed by atoms with Crippen LogP contribution in [0.4, 0.5) is 11.5 Å². The van der Waals surface area contributed by atoms with Gasteiger partial charge in [-0.05, 0) is 31.5 Å². The van der Waals surface area contributed by atoms with Crippen LogP contribution >= 0.6 is 0 Å². The highest BCUT2D eigenvalue weighted by Crippen LogP contribution is 2.33. The van der Waals surface area contributed by atoms with E-state index in [-0.39, 0.29) is 5.91 Å². The van der Waals surface area contributed by atoms with Crippen molar-refractivity contribution in [3.8, 4) is 0 Å². The molecule has 1 fully saturated rings. The number of likely N-dealkylation sites (N-methyl/N-ethyl adjacent to an activating group) is 1. The van der Waals surface area contributed by atoms with E-state index in [9.17, 15) is 4.79 Å². The van der Waals surface area contributed by atoms with Crippen molar-refractivity contribution >= 4 is 17.4 Å². The van der Waals surface area contributed by atoms with E-state index in [1.807, 2.05) is 24.0 Å².